The van der Waals surface area contributed by atoms with Gasteiger partial charge in [0.25, 0.3) is 0 Å². The van der Waals surface area contributed by atoms with E-state index < -0.39 is 5.63 Å². The molecule has 0 aliphatic rings. The summed E-state index contributed by atoms with van der Waals surface area (Å²) in [5, 5.41) is 3.90. The van der Waals surface area contributed by atoms with Gasteiger partial charge in [0.05, 0.1) is 17.9 Å². The first kappa shape index (κ1) is 16.8. The Morgan fingerprint density at radius 1 is 1.15 bits per heavy atom. The predicted octanol–water partition coefficient (Wildman–Crippen LogP) is 5.64. The van der Waals surface area contributed by atoms with Crippen molar-refractivity contribution in [2.45, 2.75) is 6.92 Å². The van der Waals surface area contributed by atoms with Gasteiger partial charge in [-0.3, -0.25) is 0 Å². The molecule has 4 nitrogen and oxygen atoms in total. The SMILES string of the molecule is CCOc1ccc(-c2csc(-c3cc4cc(Cl)ccc4oc3=O)n2)cc1. The molecule has 0 saturated heterocycles. The summed E-state index contributed by atoms with van der Waals surface area (Å²) in [7, 11) is 0. The molecule has 2 heterocycles. The summed E-state index contributed by atoms with van der Waals surface area (Å²) >= 11 is 7.44. The van der Waals surface area contributed by atoms with Crippen LogP contribution in [0.2, 0.25) is 5.02 Å². The summed E-state index contributed by atoms with van der Waals surface area (Å²) in [6.45, 7) is 2.57. The van der Waals surface area contributed by atoms with Crippen LogP contribution < -0.4 is 10.4 Å². The third kappa shape index (κ3) is 3.23. The van der Waals surface area contributed by atoms with Crippen molar-refractivity contribution in [3.05, 3.63) is 69.4 Å². The molecule has 2 aromatic heterocycles. The van der Waals surface area contributed by atoms with Crippen LogP contribution in [0.3, 0.4) is 0 Å². The summed E-state index contributed by atoms with van der Waals surface area (Å²) < 4.78 is 10.9. The minimum absolute atomic E-state index is 0.410. The molecule has 0 N–H and O–H groups in total. The number of aromatic nitrogens is 1. The van der Waals surface area contributed by atoms with E-state index in [4.69, 9.17) is 20.8 Å². The molecular formula is C20H14ClNO3S. The average Bonchev–Trinajstić information content (AvgIpc) is 3.12. The van der Waals surface area contributed by atoms with E-state index in [9.17, 15) is 4.79 Å². The Kier molecular flexibility index (Phi) is 4.49. The van der Waals surface area contributed by atoms with Crippen molar-refractivity contribution in [3.63, 3.8) is 0 Å². The maximum absolute atomic E-state index is 12.3. The summed E-state index contributed by atoms with van der Waals surface area (Å²) in [6.07, 6.45) is 0. The van der Waals surface area contributed by atoms with Gasteiger partial charge < -0.3 is 9.15 Å². The lowest BCUT2D eigenvalue weighted by Crippen LogP contribution is -2.02. The fourth-order valence-electron chi connectivity index (χ4n) is 2.66. The number of ether oxygens (including phenoxy) is 1. The molecule has 2 aromatic carbocycles. The van der Waals surface area contributed by atoms with Gasteiger partial charge in [0.1, 0.15) is 16.3 Å². The first-order chi connectivity index (χ1) is 12.6. The molecule has 4 aromatic rings. The highest BCUT2D eigenvalue weighted by molar-refractivity contribution is 7.13. The van der Waals surface area contributed by atoms with Crippen molar-refractivity contribution in [2.75, 3.05) is 6.61 Å². The molecule has 0 amide bonds. The van der Waals surface area contributed by atoms with Crippen LogP contribution in [0.1, 0.15) is 6.92 Å². The van der Waals surface area contributed by atoms with Crippen molar-refractivity contribution < 1.29 is 9.15 Å². The molecule has 0 fully saturated rings. The van der Waals surface area contributed by atoms with Gasteiger partial charge in [-0.2, -0.15) is 0 Å². The van der Waals surface area contributed by atoms with Crippen LogP contribution >= 0.6 is 22.9 Å². The number of hydrogen-bond acceptors (Lipinski definition) is 5. The zero-order chi connectivity index (χ0) is 18.1. The maximum Gasteiger partial charge on any atom is 0.346 e. The van der Waals surface area contributed by atoms with Crippen LogP contribution in [-0.2, 0) is 0 Å². The summed E-state index contributed by atoms with van der Waals surface area (Å²) in [6, 6.07) is 14.6. The summed E-state index contributed by atoms with van der Waals surface area (Å²) in [5.41, 5.74) is 2.30. The lowest BCUT2D eigenvalue weighted by Gasteiger charge is -2.03. The smallest absolute Gasteiger partial charge is 0.346 e. The van der Waals surface area contributed by atoms with Gasteiger partial charge in [-0.25, -0.2) is 9.78 Å². The molecule has 0 aliphatic carbocycles. The Morgan fingerprint density at radius 2 is 1.96 bits per heavy atom. The van der Waals surface area contributed by atoms with Crippen LogP contribution in [0.25, 0.3) is 32.8 Å². The minimum atomic E-state index is -0.410. The summed E-state index contributed by atoms with van der Waals surface area (Å²) in [4.78, 5) is 16.9. The van der Waals surface area contributed by atoms with E-state index in [1.54, 1.807) is 24.3 Å². The van der Waals surface area contributed by atoms with Crippen molar-refractivity contribution in [3.8, 4) is 27.6 Å². The molecule has 0 unspecified atom stereocenters. The molecular weight excluding hydrogens is 370 g/mol. The first-order valence-electron chi connectivity index (χ1n) is 8.06. The van der Waals surface area contributed by atoms with E-state index in [-0.39, 0.29) is 0 Å². The topological polar surface area (TPSA) is 52.3 Å². The van der Waals surface area contributed by atoms with E-state index in [1.165, 1.54) is 11.3 Å². The van der Waals surface area contributed by atoms with Crippen LogP contribution in [0.4, 0.5) is 0 Å². The standard InChI is InChI=1S/C20H14ClNO3S/c1-2-24-15-6-3-12(4-7-15)17-11-26-19(22-17)16-10-13-9-14(21)5-8-18(13)25-20(16)23/h3-11H,2H2,1H3. The molecule has 0 radical (unpaired) electrons. The quantitative estimate of drug-likeness (QED) is 0.428. The lowest BCUT2D eigenvalue weighted by atomic mass is 10.1. The van der Waals surface area contributed by atoms with Crippen LogP contribution in [0.15, 0.2) is 63.1 Å². The van der Waals surface area contributed by atoms with Gasteiger partial charge in [0.2, 0.25) is 0 Å². The zero-order valence-corrected chi connectivity index (χ0v) is 15.4. The number of benzene rings is 2. The first-order valence-corrected chi connectivity index (χ1v) is 9.32. The van der Waals surface area contributed by atoms with Gasteiger partial charge in [-0.15, -0.1) is 11.3 Å². The number of hydrogen-bond donors (Lipinski definition) is 0. The lowest BCUT2D eigenvalue weighted by molar-refractivity contribution is 0.340. The molecule has 4 rings (SSSR count). The largest absolute Gasteiger partial charge is 0.494 e. The third-order valence-corrected chi connectivity index (χ3v) is 5.00. The molecule has 0 atom stereocenters. The summed E-state index contributed by atoms with van der Waals surface area (Å²) in [5.74, 6) is 0.818. The minimum Gasteiger partial charge on any atom is -0.494 e. The van der Waals surface area contributed by atoms with Gasteiger partial charge in [-0.1, -0.05) is 11.6 Å². The Morgan fingerprint density at radius 3 is 2.73 bits per heavy atom. The third-order valence-electron chi connectivity index (χ3n) is 3.89. The molecule has 0 bridgehead atoms. The maximum atomic E-state index is 12.3. The van der Waals surface area contributed by atoms with Crippen molar-refractivity contribution in [1.82, 2.24) is 4.98 Å². The molecule has 0 saturated carbocycles. The van der Waals surface area contributed by atoms with Gasteiger partial charge >= 0.3 is 5.63 Å². The zero-order valence-electron chi connectivity index (χ0n) is 13.9. The molecule has 6 heteroatoms. The Bertz CT molecular complexity index is 1130. The number of halogens is 1. The van der Waals surface area contributed by atoms with E-state index in [2.05, 4.69) is 4.98 Å². The van der Waals surface area contributed by atoms with Crippen molar-refractivity contribution in [1.29, 1.82) is 0 Å². The fraction of sp³-hybridized carbons (Fsp3) is 0.100. The molecule has 26 heavy (non-hydrogen) atoms. The van der Waals surface area contributed by atoms with E-state index >= 15 is 0 Å². The average molecular weight is 384 g/mol. The molecule has 0 aliphatic heterocycles. The Balaban J connectivity index is 1.72. The highest BCUT2D eigenvalue weighted by Crippen LogP contribution is 2.30. The van der Waals surface area contributed by atoms with Gasteiger partial charge in [0.15, 0.2) is 0 Å². The van der Waals surface area contributed by atoms with Crippen molar-refractivity contribution >= 4 is 33.9 Å². The van der Waals surface area contributed by atoms with Crippen molar-refractivity contribution in [2.24, 2.45) is 0 Å². The Labute approximate surface area is 158 Å². The van der Waals surface area contributed by atoms with Crippen LogP contribution in [0, 0.1) is 0 Å². The number of fused-ring (bicyclic) bond motifs is 1. The van der Waals surface area contributed by atoms with Crippen LogP contribution in [0.5, 0.6) is 5.75 Å². The highest BCUT2D eigenvalue weighted by Gasteiger charge is 2.13. The number of nitrogens with zero attached hydrogens (tertiary/aromatic N) is 1. The van der Waals surface area contributed by atoms with E-state index in [1.807, 2.05) is 36.6 Å². The highest BCUT2D eigenvalue weighted by atomic mass is 35.5. The van der Waals surface area contributed by atoms with E-state index in [0.29, 0.717) is 27.8 Å². The molecule has 130 valence electrons. The Hall–Kier alpha value is -2.63. The normalized spacial score (nSPS) is 11.0. The molecule has 0 spiro atoms. The van der Waals surface area contributed by atoms with Crippen LogP contribution in [-0.4, -0.2) is 11.6 Å². The second kappa shape index (κ2) is 6.94. The van der Waals surface area contributed by atoms with E-state index in [0.717, 1.165) is 22.4 Å². The second-order valence-electron chi connectivity index (χ2n) is 5.62. The monoisotopic (exact) mass is 383 g/mol. The van der Waals surface area contributed by atoms with Gasteiger partial charge in [-0.05, 0) is 55.5 Å². The predicted molar refractivity (Wildman–Crippen MR) is 105 cm³/mol. The van der Waals surface area contributed by atoms with Gasteiger partial charge in [0, 0.05) is 21.4 Å². The second-order valence-corrected chi connectivity index (χ2v) is 6.92. The fourth-order valence-corrected chi connectivity index (χ4v) is 3.67. The number of rotatable bonds is 4. The number of thiazole rings is 1.